The molecule has 1 atom stereocenters. The summed E-state index contributed by atoms with van der Waals surface area (Å²) in [4.78, 5) is 21.5. The fourth-order valence-corrected chi connectivity index (χ4v) is 5.23. The van der Waals surface area contributed by atoms with Crippen molar-refractivity contribution in [2.45, 2.75) is 18.9 Å². The molecule has 3 fully saturated rings. The second-order valence-electron chi connectivity index (χ2n) is 8.46. The molecule has 166 valence electrons. The van der Waals surface area contributed by atoms with Crippen LogP contribution in [0.3, 0.4) is 0 Å². The molecule has 0 aliphatic carbocycles. The van der Waals surface area contributed by atoms with Gasteiger partial charge < -0.3 is 19.4 Å². The van der Waals surface area contributed by atoms with Gasteiger partial charge in [0, 0.05) is 70.9 Å². The van der Waals surface area contributed by atoms with Gasteiger partial charge in [0.2, 0.25) is 0 Å². The summed E-state index contributed by atoms with van der Waals surface area (Å²) in [5.74, 6) is 1.97. The number of piperazine rings is 2. The van der Waals surface area contributed by atoms with Crippen molar-refractivity contribution in [3.8, 4) is 0 Å². The molecule has 0 aromatic carbocycles. The van der Waals surface area contributed by atoms with E-state index >= 15 is 0 Å². The molecule has 5 heterocycles. The van der Waals surface area contributed by atoms with Gasteiger partial charge in [-0.3, -0.25) is 9.69 Å². The first-order valence-corrected chi connectivity index (χ1v) is 12.2. The smallest absolute Gasteiger partial charge is 0.254 e. The molecule has 31 heavy (non-hydrogen) atoms. The average Bonchev–Trinajstić information content (AvgIpc) is 3.54. The summed E-state index contributed by atoms with van der Waals surface area (Å²) in [5.41, 5.74) is 0.790. The Bertz CT molecular complexity index is 839. The summed E-state index contributed by atoms with van der Waals surface area (Å²) in [6.07, 6.45) is 2.82. The second-order valence-corrected chi connectivity index (χ2v) is 9.24. The summed E-state index contributed by atoms with van der Waals surface area (Å²) in [5, 5.41) is 12.9. The van der Waals surface area contributed by atoms with E-state index < -0.39 is 0 Å². The lowest BCUT2D eigenvalue weighted by Gasteiger charge is -2.37. The van der Waals surface area contributed by atoms with Gasteiger partial charge >= 0.3 is 0 Å². The molecule has 0 saturated carbocycles. The molecule has 2 aromatic heterocycles. The van der Waals surface area contributed by atoms with Crippen molar-refractivity contribution in [1.82, 2.24) is 20.0 Å². The number of nitrogens with zero attached hydrogens (tertiary/aromatic N) is 6. The number of ether oxygens (including phenoxy) is 1. The Kier molecular flexibility index (Phi) is 6.33. The van der Waals surface area contributed by atoms with Crippen LogP contribution in [0.2, 0.25) is 0 Å². The summed E-state index contributed by atoms with van der Waals surface area (Å²) in [7, 11) is 0. The molecular weight excluding hydrogens is 412 g/mol. The largest absolute Gasteiger partial charge is 0.377 e. The highest BCUT2D eigenvalue weighted by molar-refractivity contribution is 7.08. The number of anilines is 2. The highest BCUT2D eigenvalue weighted by atomic mass is 32.1. The molecule has 1 unspecified atom stereocenters. The molecule has 0 bridgehead atoms. The highest BCUT2D eigenvalue weighted by Gasteiger charge is 2.25. The number of rotatable bonds is 5. The molecule has 0 radical (unpaired) electrons. The Morgan fingerprint density at radius 2 is 1.65 bits per heavy atom. The molecule has 0 N–H and O–H groups in total. The summed E-state index contributed by atoms with van der Waals surface area (Å²) in [6.45, 7) is 9.01. The van der Waals surface area contributed by atoms with Crippen molar-refractivity contribution in [1.29, 1.82) is 0 Å². The van der Waals surface area contributed by atoms with Crippen LogP contribution in [0.1, 0.15) is 23.2 Å². The third kappa shape index (κ3) is 4.83. The Hall–Kier alpha value is -2.23. The van der Waals surface area contributed by atoms with E-state index in [9.17, 15) is 4.79 Å². The summed E-state index contributed by atoms with van der Waals surface area (Å²) >= 11 is 1.56. The molecule has 2 aromatic rings. The third-order valence-electron chi connectivity index (χ3n) is 6.48. The molecule has 3 saturated heterocycles. The Labute approximate surface area is 187 Å². The molecule has 8 nitrogen and oxygen atoms in total. The molecule has 1 amide bonds. The van der Waals surface area contributed by atoms with E-state index in [1.54, 1.807) is 11.3 Å². The topological polar surface area (TPSA) is 65.0 Å². The normalized spacial score (nSPS) is 22.8. The minimum absolute atomic E-state index is 0.126. The molecule has 3 aliphatic heterocycles. The van der Waals surface area contributed by atoms with Crippen molar-refractivity contribution >= 4 is 28.9 Å². The lowest BCUT2D eigenvalue weighted by Crippen LogP contribution is -2.49. The van der Waals surface area contributed by atoms with Crippen molar-refractivity contribution in [3.05, 3.63) is 34.5 Å². The standard InChI is InChI=1S/C22H30N6O2S/c29-22(18-5-15-31-17-18)28-12-10-27(11-13-28)21-4-3-20(23-24-21)26-8-6-25(7-9-26)16-19-2-1-14-30-19/h3-5,15,17,19H,1-2,6-14,16H2. The van der Waals surface area contributed by atoms with Gasteiger partial charge in [0.1, 0.15) is 0 Å². The molecule has 3 aliphatic rings. The van der Waals surface area contributed by atoms with Gasteiger partial charge in [0.25, 0.3) is 5.91 Å². The van der Waals surface area contributed by atoms with E-state index in [1.165, 1.54) is 12.8 Å². The van der Waals surface area contributed by atoms with Crippen LogP contribution in [0, 0.1) is 0 Å². The number of carbonyl (C=O) groups is 1. The first-order valence-electron chi connectivity index (χ1n) is 11.3. The zero-order valence-corrected chi connectivity index (χ0v) is 18.7. The lowest BCUT2D eigenvalue weighted by atomic mass is 10.2. The van der Waals surface area contributed by atoms with Crippen LogP contribution in [0.4, 0.5) is 11.6 Å². The quantitative estimate of drug-likeness (QED) is 0.700. The number of hydrogen-bond acceptors (Lipinski definition) is 8. The predicted molar refractivity (Wildman–Crippen MR) is 122 cm³/mol. The van der Waals surface area contributed by atoms with Gasteiger partial charge in [-0.15, -0.1) is 10.2 Å². The van der Waals surface area contributed by atoms with E-state index in [0.717, 1.165) is 69.6 Å². The van der Waals surface area contributed by atoms with E-state index in [0.29, 0.717) is 19.2 Å². The first-order chi connectivity index (χ1) is 15.3. The van der Waals surface area contributed by atoms with Gasteiger partial charge in [0.15, 0.2) is 11.6 Å². The maximum atomic E-state index is 12.5. The number of thiophene rings is 1. The number of amides is 1. The van der Waals surface area contributed by atoms with Crippen LogP contribution in [0.5, 0.6) is 0 Å². The van der Waals surface area contributed by atoms with E-state index in [-0.39, 0.29) is 5.91 Å². The van der Waals surface area contributed by atoms with E-state index in [4.69, 9.17) is 4.74 Å². The Morgan fingerprint density at radius 1 is 0.968 bits per heavy atom. The highest BCUT2D eigenvalue weighted by Crippen LogP contribution is 2.20. The van der Waals surface area contributed by atoms with Crippen LogP contribution in [-0.4, -0.2) is 97.5 Å². The van der Waals surface area contributed by atoms with E-state index in [1.807, 2.05) is 21.7 Å². The van der Waals surface area contributed by atoms with Crippen LogP contribution in [0.15, 0.2) is 29.0 Å². The molecule has 9 heteroatoms. The fourth-order valence-electron chi connectivity index (χ4n) is 4.60. The van der Waals surface area contributed by atoms with Crippen molar-refractivity contribution < 1.29 is 9.53 Å². The zero-order chi connectivity index (χ0) is 21.0. The van der Waals surface area contributed by atoms with Gasteiger partial charge in [-0.2, -0.15) is 11.3 Å². The monoisotopic (exact) mass is 442 g/mol. The Morgan fingerprint density at radius 3 is 2.19 bits per heavy atom. The minimum atomic E-state index is 0.126. The van der Waals surface area contributed by atoms with Crippen molar-refractivity contribution in [3.63, 3.8) is 0 Å². The summed E-state index contributed by atoms with van der Waals surface area (Å²) < 4.78 is 5.77. The molecule has 5 rings (SSSR count). The second kappa shape index (κ2) is 9.50. The average molecular weight is 443 g/mol. The zero-order valence-electron chi connectivity index (χ0n) is 17.9. The maximum Gasteiger partial charge on any atom is 0.254 e. The maximum absolute atomic E-state index is 12.5. The first kappa shape index (κ1) is 20.7. The van der Waals surface area contributed by atoms with Gasteiger partial charge in [-0.05, 0) is 36.4 Å². The fraction of sp³-hybridized carbons (Fsp3) is 0.591. The van der Waals surface area contributed by atoms with E-state index in [2.05, 4.69) is 37.0 Å². The summed E-state index contributed by atoms with van der Waals surface area (Å²) in [6, 6.07) is 6.05. The number of hydrogen-bond donors (Lipinski definition) is 0. The number of carbonyl (C=O) groups excluding carboxylic acids is 1. The minimum Gasteiger partial charge on any atom is -0.377 e. The van der Waals surface area contributed by atoms with Gasteiger partial charge in [-0.1, -0.05) is 0 Å². The SMILES string of the molecule is O=C(c1ccsc1)N1CCN(c2ccc(N3CCN(CC4CCCO4)CC3)nn2)CC1. The molecular formula is C22H30N6O2S. The van der Waals surface area contributed by atoms with Crippen LogP contribution in [0.25, 0.3) is 0 Å². The van der Waals surface area contributed by atoms with Crippen molar-refractivity contribution in [2.75, 3.05) is 75.3 Å². The number of aromatic nitrogens is 2. The third-order valence-corrected chi connectivity index (χ3v) is 7.16. The lowest BCUT2D eigenvalue weighted by molar-refractivity contribution is 0.0712. The van der Waals surface area contributed by atoms with Gasteiger partial charge in [0.05, 0.1) is 11.7 Å². The Balaban J connectivity index is 1.10. The van der Waals surface area contributed by atoms with Crippen LogP contribution < -0.4 is 9.80 Å². The van der Waals surface area contributed by atoms with Crippen LogP contribution in [-0.2, 0) is 4.74 Å². The van der Waals surface area contributed by atoms with Crippen LogP contribution >= 0.6 is 11.3 Å². The predicted octanol–water partition coefficient (Wildman–Crippen LogP) is 1.80. The van der Waals surface area contributed by atoms with Gasteiger partial charge in [-0.25, -0.2) is 0 Å². The molecule has 0 spiro atoms. The van der Waals surface area contributed by atoms with Crippen molar-refractivity contribution in [2.24, 2.45) is 0 Å².